The van der Waals surface area contributed by atoms with Crippen molar-refractivity contribution in [1.29, 1.82) is 0 Å². The van der Waals surface area contributed by atoms with E-state index in [0.717, 1.165) is 45.9 Å². The minimum absolute atomic E-state index is 0.328. The Morgan fingerprint density at radius 3 is 2.82 bits per heavy atom. The second-order valence-electron chi connectivity index (χ2n) is 6.83. The highest BCUT2D eigenvalue weighted by molar-refractivity contribution is 7.09. The molecule has 1 atom stereocenters. The number of aliphatic hydroxyl groups excluding tert-OH is 1. The first-order valence-electron chi connectivity index (χ1n) is 8.33. The lowest BCUT2D eigenvalue weighted by molar-refractivity contribution is 0.0481. The molecule has 1 aromatic heterocycles. The Kier molecular flexibility index (Phi) is 5.52. The topological polar surface area (TPSA) is 35.9 Å². The number of aliphatic hydroxyl groups is 1. The van der Waals surface area contributed by atoms with Crippen molar-refractivity contribution in [1.82, 2.24) is 9.80 Å². The average molecular weight is 324 g/mol. The third-order valence-corrected chi connectivity index (χ3v) is 6.39. The SMILES string of the molecule is COCCN1CC(CO)C2(CCN(Cc3cccs3)CC2)C1. The maximum absolute atomic E-state index is 9.83. The molecule has 1 unspecified atom stereocenters. The Bertz CT molecular complexity index is 444. The van der Waals surface area contributed by atoms with E-state index in [9.17, 15) is 5.11 Å². The highest BCUT2D eigenvalue weighted by atomic mass is 32.1. The predicted molar refractivity (Wildman–Crippen MR) is 90.2 cm³/mol. The molecule has 4 nitrogen and oxygen atoms in total. The summed E-state index contributed by atoms with van der Waals surface area (Å²) in [6, 6.07) is 4.37. The van der Waals surface area contributed by atoms with E-state index in [1.54, 1.807) is 7.11 Å². The second-order valence-corrected chi connectivity index (χ2v) is 7.86. The number of methoxy groups -OCH3 is 1. The van der Waals surface area contributed by atoms with Crippen molar-refractivity contribution < 1.29 is 9.84 Å². The van der Waals surface area contributed by atoms with Gasteiger partial charge in [-0.2, -0.15) is 0 Å². The molecular weight excluding hydrogens is 296 g/mol. The molecule has 0 amide bonds. The van der Waals surface area contributed by atoms with Gasteiger partial charge in [-0.25, -0.2) is 0 Å². The Hall–Kier alpha value is -0.460. The molecule has 3 rings (SSSR count). The summed E-state index contributed by atoms with van der Waals surface area (Å²) >= 11 is 1.85. The maximum Gasteiger partial charge on any atom is 0.0589 e. The molecule has 22 heavy (non-hydrogen) atoms. The number of piperidine rings is 1. The van der Waals surface area contributed by atoms with Crippen LogP contribution in [0.5, 0.6) is 0 Å². The Labute approximate surface area is 137 Å². The Balaban J connectivity index is 1.55. The van der Waals surface area contributed by atoms with Crippen LogP contribution < -0.4 is 0 Å². The fourth-order valence-corrected chi connectivity index (χ4v) is 4.88. The highest BCUT2D eigenvalue weighted by Gasteiger charge is 2.47. The number of hydrogen-bond donors (Lipinski definition) is 1. The monoisotopic (exact) mass is 324 g/mol. The van der Waals surface area contributed by atoms with Gasteiger partial charge in [-0.05, 0) is 42.8 Å². The van der Waals surface area contributed by atoms with Crippen molar-refractivity contribution in [2.45, 2.75) is 19.4 Å². The Morgan fingerprint density at radius 1 is 1.36 bits per heavy atom. The molecule has 1 aromatic rings. The standard InChI is InChI=1S/C17H28N2O2S/c1-21-9-8-19-11-15(13-20)17(14-19)4-6-18(7-5-17)12-16-3-2-10-22-16/h2-3,10,15,20H,4-9,11-14H2,1H3. The molecule has 0 radical (unpaired) electrons. The van der Waals surface area contributed by atoms with E-state index < -0.39 is 0 Å². The van der Waals surface area contributed by atoms with E-state index in [2.05, 4.69) is 27.3 Å². The molecule has 2 aliphatic rings. The van der Waals surface area contributed by atoms with Crippen molar-refractivity contribution in [3.05, 3.63) is 22.4 Å². The molecular formula is C17H28N2O2S. The number of ether oxygens (including phenoxy) is 1. The lowest BCUT2D eigenvalue weighted by atomic mass is 9.71. The number of nitrogens with zero attached hydrogens (tertiary/aromatic N) is 2. The van der Waals surface area contributed by atoms with Crippen LogP contribution in [-0.4, -0.2) is 68.0 Å². The predicted octanol–water partition coefficient (Wildman–Crippen LogP) is 1.90. The van der Waals surface area contributed by atoms with Crippen molar-refractivity contribution >= 4 is 11.3 Å². The lowest BCUT2D eigenvalue weighted by Crippen LogP contribution is -2.44. The molecule has 1 spiro atoms. The average Bonchev–Trinajstić information content (AvgIpc) is 3.16. The fraction of sp³-hybridized carbons (Fsp3) is 0.765. The summed E-state index contributed by atoms with van der Waals surface area (Å²) in [7, 11) is 1.76. The van der Waals surface area contributed by atoms with Crippen LogP contribution in [0.4, 0.5) is 0 Å². The van der Waals surface area contributed by atoms with Crippen LogP contribution >= 0.6 is 11.3 Å². The first-order chi connectivity index (χ1) is 10.8. The van der Waals surface area contributed by atoms with Crippen LogP contribution in [0.15, 0.2) is 17.5 Å². The van der Waals surface area contributed by atoms with Crippen LogP contribution in [0.25, 0.3) is 0 Å². The zero-order chi connectivity index (χ0) is 15.4. The van der Waals surface area contributed by atoms with Gasteiger partial charge in [0.15, 0.2) is 0 Å². The maximum atomic E-state index is 9.83. The number of thiophene rings is 1. The number of rotatable bonds is 6. The van der Waals surface area contributed by atoms with Crippen LogP contribution in [0.1, 0.15) is 17.7 Å². The zero-order valence-electron chi connectivity index (χ0n) is 13.5. The van der Waals surface area contributed by atoms with Crippen LogP contribution in [0.3, 0.4) is 0 Å². The van der Waals surface area contributed by atoms with E-state index >= 15 is 0 Å². The molecule has 2 saturated heterocycles. The quantitative estimate of drug-likeness (QED) is 0.867. The van der Waals surface area contributed by atoms with Crippen LogP contribution in [-0.2, 0) is 11.3 Å². The number of likely N-dealkylation sites (tertiary alicyclic amines) is 2. The normalized spacial score (nSPS) is 26.0. The van der Waals surface area contributed by atoms with Gasteiger partial charge in [0.2, 0.25) is 0 Å². The van der Waals surface area contributed by atoms with Gasteiger partial charge < -0.3 is 14.7 Å². The lowest BCUT2D eigenvalue weighted by Gasteiger charge is -2.42. The molecule has 3 heterocycles. The summed E-state index contributed by atoms with van der Waals surface area (Å²) in [5.41, 5.74) is 0.328. The third-order valence-electron chi connectivity index (χ3n) is 5.53. The number of hydrogen-bond acceptors (Lipinski definition) is 5. The summed E-state index contributed by atoms with van der Waals surface area (Å²) in [5.74, 6) is 0.438. The first kappa shape index (κ1) is 16.4. The van der Waals surface area contributed by atoms with Crippen molar-refractivity contribution in [3.8, 4) is 0 Å². The van der Waals surface area contributed by atoms with Crippen molar-refractivity contribution in [2.75, 3.05) is 53.0 Å². The van der Waals surface area contributed by atoms with Gasteiger partial charge in [-0.3, -0.25) is 4.90 Å². The van der Waals surface area contributed by atoms with E-state index in [1.165, 1.54) is 17.7 Å². The summed E-state index contributed by atoms with van der Waals surface area (Å²) in [6.45, 7) is 7.68. The summed E-state index contributed by atoms with van der Waals surface area (Å²) in [6.07, 6.45) is 2.43. The summed E-state index contributed by atoms with van der Waals surface area (Å²) in [5, 5.41) is 12.0. The molecule has 0 saturated carbocycles. The summed E-state index contributed by atoms with van der Waals surface area (Å²) in [4.78, 5) is 6.52. The van der Waals surface area contributed by atoms with Gasteiger partial charge in [0.25, 0.3) is 0 Å². The largest absolute Gasteiger partial charge is 0.396 e. The van der Waals surface area contributed by atoms with Crippen molar-refractivity contribution in [3.63, 3.8) is 0 Å². The molecule has 124 valence electrons. The summed E-state index contributed by atoms with van der Waals surface area (Å²) < 4.78 is 5.21. The van der Waals surface area contributed by atoms with E-state index in [-0.39, 0.29) is 0 Å². The van der Waals surface area contributed by atoms with Crippen molar-refractivity contribution in [2.24, 2.45) is 11.3 Å². The minimum atomic E-state index is 0.328. The molecule has 5 heteroatoms. The fourth-order valence-electron chi connectivity index (χ4n) is 4.13. The first-order valence-corrected chi connectivity index (χ1v) is 9.20. The molecule has 1 N–H and O–H groups in total. The highest BCUT2D eigenvalue weighted by Crippen LogP contribution is 2.44. The Morgan fingerprint density at radius 2 is 2.18 bits per heavy atom. The van der Waals surface area contributed by atoms with E-state index in [0.29, 0.717) is 17.9 Å². The molecule has 0 aliphatic carbocycles. The molecule has 0 aromatic carbocycles. The van der Waals surface area contributed by atoms with Crippen LogP contribution in [0.2, 0.25) is 0 Å². The zero-order valence-corrected chi connectivity index (χ0v) is 14.4. The smallest absolute Gasteiger partial charge is 0.0589 e. The van der Waals surface area contributed by atoms with Gasteiger partial charge in [0, 0.05) is 50.7 Å². The van der Waals surface area contributed by atoms with Gasteiger partial charge >= 0.3 is 0 Å². The van der Waals surface area contributed by atoms with Gasteiger partial charge in [-0.15, -0.1) is 11.3 Å². The van der Waals surface area contributed by atoms with Gasteiger partial charge in [-0.1, -0.05) is 6.07 Å². The van der Waals surface area contributed by atoms with E-state index in [1.807, 2.05) is 11.3 Å². The van der Waals surface area contributed by atoms with E-state index in [4.69, 9.17) is 4.74 Å². The second kappa shape index (κ2) is 7.41. The molecule has 2 fully saturated rings. The molecule has 2 aliphatic heterocycles. The third kappa shape index (κ3) is 3.54. The van der Waals surface area contributed by atoms with Gasteiger partial charge in [0.05, 0.1) is 6.61 Å². The van der Waals surface area contributed by atoms with Crippen LogP contribution in [0, 0.1) is 11.3 Å². The minimum Gasteiger partial charge on any atom is -0.396 e. The molecule has 0 bridgehead atoms. The van der Waals surface area contributed by atoms with Gasteiger partial charge in [0.1, 0.15) is 0 Å².